The summed E-state index contributed by atoms with van der Waals surface area (Å²) in [4.78, 5) is -0.481. The van der Waals surface area contributed by atoms with Gasteiger partial charge in [0.05, 0.1) is 12.7 Å². The maximum absolute atomic E-state index is 14.1. The molecule has 2 atom stereocenters. The van der Waals surface area contributed by atoms with Crippen molar-refractivity contribution in [3.05, 3.63) is 28.0 Å². The zero-order valence-electron chi connectivity index (χ0n) is 11.5. The Labute approximate surface area is 131 Å². The van der Waals surface area contributed by atoms with Gasteiger partial charge in [-0.3, -0.25) is 0 Å². The molecule has 21 heavy (non-hydrogen) atoms. The van der Waals surface area contributed by atoms with E-state index in [9.17, 15) is 12.8 Å². The molecule has 1 aromatic carbocycles. The van der Waals surface area contributed by atoms with Gasteiger partial charge in [-0.25, -0.2) is 17.5 Å². The van der Waals surface area contributed by atoms with Crippen molar-refractivity contribution in [3.8, 4) is 0 Å². The summed E-state index contributed by atoms with van der Waals surface area (Å²) in [6, 6.07) is 2.07. The molecule has 0 aliphatic carbocycles. The van der Waals surface area contributed by atoms with E-state index in [-0.39, 0.29) is 11.7 Å². The first-order valence-electron chi connectivity index (χ1n) is 6.58. The quantitative estimate of drug-likeness (QED) is 0.816. The van der Waals surface area contributed by atoms with Crippen molar-refractivity contribution >= 4 is 26.0 Å². The van der Waals surface area contributed by atoms with Gasteiger partial charge in [0.15, 0.2) is 0 Å². The van der Waals surface area contributed by atoms with Crippen LogP contribution in [0.5, 0.6) is 0 Å². The largest absolute Gasteiger partial charge is 0.392 e. The van der Waals surface area contributed by atoms with E-state index in [0.717, 1.165) is 12.8 Å². The SMILES string of the molecule is CC(NS(=O)(=O)c1cc(Br)cc(CO)c1F)C1CCCO1. The fraction of sp³-hybridized carbons (Fsp3) is 0.538. The van der Waals surface area contributed by atoms with Crippen molar-refractivity contribution in [2.45, 2.75) is 43.4 Å². The molecule has 0 aromatic heterocycles. The highest BCUT2D eigenvalue weighted by atomic mass is 79.9. The number of halogens is 2. The molecular formula is C13H17BrFNO4S. The molecule has 0 bridgehead atoms. The molecule has 118 valence electrons. The molecule has 0 amide bonds. The monoisotopic (exact) mass is 381 g/mol. The van der Waals surface area contributed by atoms with E-state index in [0.29, 0.717) is 11.1 Å². The minimum atomic E-state index is -4.03. The van der Waals surface area contributed by atoms with Gasteiger partial charge in [0, 0.05) is 22.7 Å². The number of sulfonamides is 1. The summed E-state index contributed by atoms with van der Waals surface area (Å²) in [6.07, 6.45) is 1.45. The van der Waals surface area contributed by atoms with Gasteiger partial charge in [0.2, 0.25) is 10.0 Å². The Kier molecular flexibility index (Phi) is 5.37. The predicted molar refractivity (Wildman–Crippen MR) is 78.8 cm³/mol. The number of rotatable bonds is 5. The van der Waals surface area contributed by atoms with Crippen LogP contribution in [-0.4, -0.2) is 32.3 Å². The lowest BCUT2D eigenvalue weighted by molar-refractivity contribution is 0.0902. The van der Waals surface area contributed by atoms with Crippen LogP contribution in [-0.2, 0) is 21.4 Å². The fourth-order valence-electron chi connectivity index (χ4n) is 2.31. The Hall–Kier alpha value is -0.540. The number of aliphatic hydroxyl groups excluding tert-OH is 1. The van der Waals surface area contributed by atoms with Crippen LogP contribution >= 0.6 is 15.9 Å². The number of hydrogen-bond acceptors (Lipinski definition) is 4. The summed E-state index contributed by atoms with van der Waals surface area (Å²) in [5, 5.41) is 9.09. The molecule has 1 heterocycles. The molecule has 8 heteroatoms. The molecule has 0 spiro atoms. The van der Waals surface area contributed by atoms with Gasteiger partial charge in [-0.15, -0.1) is 0 Å². The molecule has 5 nitrogen and oxygen atoms in total. The molecule has 2 N–H and O–H groups in total. The van der Waals surface area contributed by atoms with Gasteiger partial charge >= 0.3 is 0 Å². The maximum Gasteiger partial charge on any atom is 0.243 e. The lowest BCUT2D eigenvalue weighted by Gasteiger charge is -2.20. The lowest BCUT2D eigenvalue weighted by atomic mass is 10.1. The second-order valence-corrected chi connectivity index (χ2v) is 7.59. The van der Waals surface area contributed by atoms with Crippen LogP contribution in [0.4, 0.5) is 4.39 Å². The van der Waals surface area contributed by atoms with Crippen molar-refractivity contribution < 1.29 is 22.7 Å². The Bertz CT molecular complexity index is 617. The zero-order chi connectivity index (χ0) is 15.6. The minimum absolute atomic E-state index is 0.0745. The molecular weight excluding hydrogens is 365 g/mol. The molecule has 1 aliphatic rings. The summed E-state index contributed by atoms with van der Waals surface area (Å²) in [6.45, 7) is 1.72. The summed E-state index contributed by atoms with van der Waals surface area (Å²) in [7, 11) is -4.03. The Morgan fingerprint density at radius 1 is 1.57 bits per heavy atom. The van der Waals surface area contributed by atoms with Crippen LogP contribution < -0.4 is 4.72 Å². The van der Waals surface area contributed by atoms with Crippen molar-refractivity contribution in [1.82, 2.24) is 4.72 Å². The Morgan fingerprint density at radius 2 is 2.29 bits per heavy atom. The van der Waals surface area contributed by atoms with E-state index in [2.05, 4.69) is 20.7 Å². The molecule has 1 aromatic rings. The van der Waals surface area contributed by atoms with Crippen LogP contribution in [0.25, 0.3) is 0 Å². The van der Waals surface area contributed by atoms with Crippen LogP contribution in [0.15, 0.2) is 21.5 Å². The molecule has 0 saturated carbocycles. The first-order chi connectivity index (χ1) is 9.85. The molecule has 1 aliphatic heterocycles. The molecule has 0 radical (unpaired) electrons. The average Bonchev–Trinajstić information content (AvgIpc) is 2.94. The molecule has 2 rings (SSSR count). The van der Waals surface area contributed by atoms with Gasteiger partial charge in [-0.05, 0) is 31.9 Å². The van der Waals surface area contributed by atoms with Crippen LogP contribution in [0.2, 0.25) is 0 Å². The predicted octanol–water partition coefficient (Wildman–Crippen LogP) is 1.93. The van der Waals surface area contributed by atoms with Gasteiger partial charge < -0.3 is 9.84 Å². The van der Waals surface area contributed by atoms with Crippen molar-refractivity contribution in [2.75, 3.05) is 6.61 Å². The number of nitrogens with one attached hydrogen (secondary N) is 1. The lowest BCUT2D eigenvalue weighted by Crippen LogP contribution is -2.41. The zero-order valence-corrected chi connectivity index (χ0v) is 13.9. The van der Waals surface area contributed by atoms with Crippen LogP contribution in [0.3, 0.4) is 0 Å². The molecule has 1 fully saturated rings. The van der Waals surface area contributed by atoms with E-state index in [4.69, 9.17) is 9.84 Å². The minimum Gasteiger partial charge on any atom is -0.392 e. The maximum atomic E-state index is 14.1. The second-order valence-electron chi connectivity index (χ2n) is 5.00. The van der Waals surface area contributed by atoms with E-state index < -0.39 is 33.4 Å². The van der Waals surface area contributed by atoms with Gasteiger partial charge in [-0.1, -0.05) is 15.9 Å². The van der Waals surface area contributed by atoms with E-state index in [1.807, 2.05) is 0 Å². The summed E-state index contributed by atoms with van der Waals surface area (Å²) >= 11 is 3.12. The van der Waals surface area contributed by atoms with Crippen molar-refractivity contribution in [1.29, 1.82) is 0 Å². The van der Waals surface area contributed by atoms with Gasteiger partial charge in [0.25, 0.3) is 0 Å². The molecule has 2 unspecified atom stereocenters. The Morgan fingerprint density at radius 3 is 2.86 bits per heavy atom. The molecule has 1 saturated heterocycles. The van der Waals surface area contributed by atoms with Gasteiger partial charge in [-0.2, -0.15) is 0 Å². The third-order valence-corrected chi connectivity index (χ3v) is 5.42. The Balaban J connectivity index is 2.28. The number of benzene rings is 1. The van der Waals surface area contributed by atoms with Crippen molar-refractivity contribution in [2.24, 2.45) is 0 Å². The summed E-state index contributed by atoms with van der Waals surface area (Å²) in [5.41, 5.74) is -0.0745. The third kappa shape index (κ3) is 3.81. The first-order valence-corrected chi connectivity index (χ1v) is 8.85. The fourth-order valence-corrected chi connectivity index (χ4v) is 4.38. The second kappa shape index (κ2) is 6.70. The summed E-state index contributed by atoms with van der Waals surface area (Å²) in [5.74, 6) is -0.937. The average molecular weight is 382 g/mol. The smallest absolute Gasteiger partial charge is 0.243 e. The third-order valence-electron chi connectivity index (χ3n) is 3.40. The number of ether oxygens (including phenoxy) is 1. The first kappa shape index (κ1) is 16.8. The van der Waals surface area contributed by atoms with Gasteiger partial charge in [0.1, 0.15) is 10.7 Å². The normalized spacial score (nSPS) is 20.7. The van der Waals surface area contributed by atoms with Crippen LogP contribution in [0, 0.1) is 5.82 Å². The number of hydrogen-bond donors (Lipinski definition) is 2. The number of aliphatic hydroxyl groups is 1. The summed E-state index contributed by atoms with van der Waals surface area (Å²) < 4.78 is 47.1. The highest BCUT2D eigenvalue weighted by molar-refractivity contribution is 9.10. The topological polar surface area (TPSA) is 75.6 Å². The van der Waals surface area contributed by atoms with E-state index >= 15 is 0 Å². The van der Waals surface area contributed by atoms with E-state index in [1.54, 1.807) is 6.92 Å². The van der Waals surface area contributed by atoms with E-state index in [1.165, 1.54) is 12.1 Å². The van der Waals surface area contributed by atoms with Crippen molar-refractivity contribution in [3.63, 3.8) is 0 Å². The standard InChI is InChI=1S/C13H17BrFNO4S/c1-8(11-3-2-4-20-11)16-21(18,19)12-6-10(14)5-9(7-17)13(12)15/h5-6,8,11,16-17H,2-4,7H2,1H3. The van der Waals surface area contributed by atoms with Crippen LogP contribution in [0.1, 0.15) is 25.3 Å². The highest BCUT2D eigenvalue weighted by Crippen LogP contribution is 2.25. The highest BCUT2D eigenvalue weighted by Gasteiger charge is 2.29.